The predicted molar refractivity (Wildman–Crippen MR) is 74.7 cm³/mol. The molecule has 1 aliphatic heterocycles. The molecule has 18 heavy (non-hydrogen) atoms. The normalized spacial score (nSPS) is 27.3. The molecule has 1 aromatic rings. The van der Waals surface area contributed by atoms with Crippen molar-refractivity contribution < 1.29 is 0 Å². The van der Waals surface area contributed by atoms with Crippen LogP contribution in [0.25, 0.3) is 0 Å². The fraction of sp³-hybridized carbons (Fsp3) is 0.667. The van der Waals surface area contributed by atoms with E-state index in [0.717, 1.165) is 18.5 Å². The van der Waals surface area contributed by atoms with E-state index < -0.39 is 0 Å². The molecule has 1 saturated carbocycles. The van der Waals surface area contributed by atoms with Gasteiger partial charge < -0.3 is 10.2 Å². The second-order valence-corrected chi connectivity index (χ2v) is 5.63. The van der Waals surface area contributed by atoms with Gasteiger partial charge in [0.25, 0.3) is 0 Å². The number of hydrogen-bond donors (Lipinski definition) is 1. The second kappa shape index (κ2) is 5.27. The Hall–Kier alpha value is -1.09. The minimum atomic E-state index is 0.789. The van der Waals surface area contributed by atoms with E-state index in [2.05, 4.69) is 21.3 Å². The predicted octanol–water partition coefficient (Wildman–Crippen LogP) is 2.57. The number of nitrogens with one attached hydrogen (secondary N) is 1. The van der Waals surface area contributed by atoms with E-state index in [1.54, 1.807) is 0 Å². The molecule has 0 radical (unpaired) electrons. The molecule has 3 heteroatoms. The highest BCUT2D eigenvalue weighted by atomic mass is 15.2. The average Bonchev–Trinajstić information content (AvgIpc) is 2.88. The van der Waals surface area contributed by atoms with E-state index in [1.165, 1.54) is 49.9 Å². The van der Waals surface area contributed by atoms with Gasteiger partial charge in [-0.1, -0.05) is 6.42 Å². The van der Waals surface area contributed by atoms with Gasteiger partial charge in [-0.05, 0) is 44.7 Å². The summed E-state index contributed by atoms with van der Waals surface area (Å²) < 4.78 is 0. The zero-order valence-electron chi connectivity index (χ0n) is 11.2. The Balaban J connectivity index is 1.88. The fourth-order valence-electron chi connectivity index (χ4n) is 3.78. The van der Waals surface area contributed by atoms with Crippen LogP contribution in [-0.2, 0) is 6.54 Å². The van der Waals surface area contributed by atoms with Crippen LogP contribution in [0.4, 0.5) is 5.69 Å². The minimum Gasteiger partial charge on any atom is -0.368 e. The van der Waals surface area contributed by atoms with E-state index in [1.807, 2.05) is 19.4 Å². The molecule has 1 aliphatic carbocycles. The van der Waals surface area contributed by atoms with Crippen LogP contribution in [0.15, 0.2) is 18.5 Å². The topological polar surface area (TPSA) is 28.2 Å². The molecule has 98 valence electrons. The van der Waals surface area contributed by atoms with Crippen LogP contribution < -0.4 is 10.2 Å². The molecule has 1 saturated heterocycles. The van der Waals surface area contributed by atoms with Crippen molar-refractivity contribution in [1.29, 1.82) is 0 Å². The van der Waals surface area contributed by atoms with Crippen LogP contribution >= 0.6 is 0 Å². The lowest BCUT2D eigenvalue weighted by molar-refractivity contribution is 0.362. The molecular formula is C15H23N3. The molecule has 3 rings (SSSR count). The van der Waals surface area contributed by atoms with E-state index in [9.17, 15) is 0 Å². The third kappa shape index (κ3) is 2.12. The maximum Gasteiger partial charge on any atom is 0.0445 e. The first-order chi connectivity index (χ1) is 8.90. The van der Waals surface area contributed by atoms with Crippen molar-refractivity contribution in [3.63, 3.8) is 0 Å². The van der Waals surface area contributed by atoms with E-state index >= 15 is 0 Å². The summed E-state index contributed by atoms with van der Waals surface area (Å²) in [6, 6.07) is 2.99. The van der Waals surface area contributed by atoms with Gasteiger partial charge in [-0.2, -0.15) is 0 Å². The van der Waals surface area contributed by atoms with E-state index in [4.69, 9.17) is 0 Å². The van der Waals surface area contributed by atoms with Gasteiger partial charge in [0.15, 0.2) is 0 Å². The van der Waals surface area contributed by atoms with Crippen LogP contribution in [0.5, 0.6) is 0 Å². The molecule has 0 bridgehead atoms. The van der Waals surface area contributed by atoms with Gasteiger partial charge in [0, 0.05) is 42.8 Å². The van der Waals surface area contributed by atoms with Crippen LogP contribution in [0.1, 0.15) is 37.7 Å². The Bertz CT molecular complexity index is 404. The smallest absolute Gasteiger partial charge is 0.0445 e. The maximum atomic E-state index is 4.28. The summed E-state index contributed by atoms with van der Waals surface area (Å²) in [5.74, 6) is 0.939. The van der Waals surface area contributed by atoms with Gasteiger partial charge in [-0.3, -0.25) is 4.98 Å². The molecule has 0 aromatic carbocycles. The Labute approximate surface area is 110 Å². The van der Waals surface area contributed by atoms with E-state index in [0.29, 0.717) is 0 Å². The van der Waals surface area contributed by atoms with Crippen LogP contribution in [0, 0.1) is 5.92 Å². The number of fused-ring (bicyclic) bond motifs is 1. The van der Waals surface area contributed by atoms with Gasteiger partial charge in [0.2, 0.25) is 0 Å². The molecule has 2 atom stereocenters. The largest absolute Gasteiger partial charge is 0.368 e. The van der Waals surface area contributed by atoms with Gasteiger partial charge >= 0.3 is 0 Å². The highest BCUT2D eigenvalue weighted by Gasteiger charge is 2.35. The van der Waals surface area contributed by atoms with Gasteiger partial charge in [-0.25, -0.2) is 0 Å². The lowest BCUT2D eigenvalue weighted by Gasteiger charge is -2.40. The quantitative estimate of drug-likeness (QED) is 0.887. The minimum absolute atomic E-state index is 0.789. The molecule has 3 nitrogen and oxygen atoms in total. The first-order valence-electron chi connectivity index (χ1n) is 7.24. The summed E-state index contributed by atoms with van der Waals surface area (Å²) in [4.78, 5) is 6.94. The standard InChI is InChI=1S/C15H23N3/c1-16-10-13-11-17-8-7-15(13)18-9-3-5-12-4-2-6-14(12)18/h7-8,11-12,14,16H,2-6,9-10H2,1H3. The molecule has 2 aliphatic rings. The fourth-order valence-corrected chi connectivity index (χ4v) is 3.78. The Morgan fingerprint density at radius 2 is 2.22 bits per heavy atom. The summed E-state index contributed by atoms with van der Waals surface area (Å²) in [6.07, 6.45) is 11.0. The third-order valence-corrected chi connectivity index (χ3v) is 4.55. The summed E-state index contributed by atoms with van der Waals surface area (Å²) in [6.45, 7) is 2.14. The molecule has 1 aromatic heterocycles. The Kier molecular flexibility index (Phi) is 3.50. The van der Waals surface area contributed by atoms with Crippen molar-refractivity contribution in [2.75, 3.05) is 18.5 Å². The SMILES string of the molecule is CNCc1cnccc1N1CCCC2CCCC21. The van der Waals surface area contributed by atoms with Gasteiger partial charge in [0.1, 0.15) is 0 Å². The van der Waals surface area contributed by atoms with Crippen LogP contribution in [0.2, 0.25) is 0 Å². The maximum absolute atomic E-state index is 4.28. The van der Waals surface area contributed by atoms with Gasteiger partial charge in [0.05, 0.1) is 0 Å². The van der Waals surface area contributed by atoms with Crippen molar-refractivity contribution in [2.45, 2.75) is 44.7 Å². The first kappa shape index (κ1) is 12.0. The molecule has 2 fully saturated rings. The van der Waals surface area contributed by atoms with Crippen molar-refractivity contribution >= 4 is 5.69 Å². The Morgan fingerprint density at radius 3 is 3.11 bits per heavy atom. The highest BCUT2D eigenvalue weighted by molar-refractivity contribution is 5.53. The molecule has 0 amide bonds. The van der Waals surface area contributed by atoms with Crippen molar-refractivity contribution in [2.24, 2.45) is 5.92 Å². The summed E-state index contributed by atoms with van der Waals surface area (Å²) in [5, 5.41) is 3.26. The second-order valence-electron chi connectivity index (χ2n) is 5.63. The molecule has 2 heterocycles. The number of piperidine rings is 1. The lowest BCUT2D eigenvalue weighted by atomic mass is 9.91. The zero-order valence-corrected chi connectivity index (χ0v) is 11.2. The molecule has 0 spiro atoms. The number of nitrogens with zero attached hydrogens (tertiary/aromatic N) is 2. The number of rotatable bonds is 3. The number of aromatic nitrogens is 1. The highest BCUT2D eigenvalue weighted by Crippen LogP contribution is 2.39. The summed E-state index contributed by atoms with van der Waals surface area (Å²) >= 11 is 0. The van der Waals surface area contributed by atoms with Crippen LogP contribution in [0.3, 0.4) is 0 Å². The zero-order chi connectivity index (χ0) is 12.4. The molecule has 2 unspecified atom stereocenters. The van der Waals surface area contributed by atoms with Crippen molar-refractivity contribution in [3.8, 4) is 0 Å². The summed E-state index contributed by atoms with van der Waals surface area (Å²) in [7, 11) is 2.01. The van der Waals surface area contributed by atoms with E-state index in [-0.39, 0.29) is 0 Å². The molecular weight excluding hydrogens is 222 g/mol. The van der Waals surface area contributed by atoms with Crippen molar-refractivity contribution in [3.05, 3.63) is 24.0 Å². The Morgan fingerprint density at radius 1 is 1.33 bits per heavy atom. The monoisotopic (exact) mass is 245 g/mol. The average molecular weight is 245 g/mol. The first-order valence-corrected chi connectivity index (χ1v) is 7.24. The third-order valence-electron chi connectivity index (χ3n) is 4.55. The number of pyridine rings is 1. The van der Waals surface area contributed by atoms with Crippen LogP contribution in [-0.4, -0.2) is 24.6 Å². The number of hydrogen-bond acceptors (Lipinski definition) is 3. The summed E-state index contributed by atoms with van der Waals surface area (Å²) in [5.41, 5.74) is 2.75. The number of anilines is 1. The van der Waals surface area contributed by atoms with Crippen molar-refractivity contribution in [1.82, 2.24) is 10.3 Å². The van der Waals surface area contributed by atoms with Gasteiger partial charge in [-0.15, -0.1) is 0 Å². The molecule has 1 N–H and O–H groups in total. The lowest BCUT2D eigenvalue weighted by Crippen LogP contribution is -2.43.